The smallest absolute Gasteiger partial charge is 0.255 e. The zero-order valence-corrected chi connectivity index (χ0v) is 14.1. The zero-order valence-electron chi connectivity index (χ0n) is 14.1. The van der Waals surface area contributed by atoms with Gasteiger partial charge in [-0.15, -0.1) is 10.2 Å². The summed E-state index contributed by atoms with van der Waals surface area (Å²) in [5, 5.41) is 11.7. The van der Waals surface area contributed by atoms with Gasteiger partial charge in [-0.3, -0.25) is 9.78 Å². The first-order chi connectivity index (χ1) is 11.8. The summed E-state index contributed by atoms with van der Waals surface area (Å²) in [4.78, 5) is 18.3. The van der Waals surface area contributed by atoms with Gasteiger partial charge in [0.05, 0.1) is 5.56 Å². The number of aromatic nitrogens is 4. The van der Waals surface area contributed by atoms with Crippen molar-refractivity contribution in [3.05, 3.63) is 42.2 Å². The summed E-state index contributed by atoms with van der Waals surface area (Å²) in [6.45, 7) is 5.46. The van der Waals surface area contributed by atoms with Gasteiger partial charge in [-0.2, -0.15) is 0 Å². The van der Waals surface area contributed by atoms with E-state index in [4.69, 9.17) is 0 Å². The van der Waals surface area contributed by atoms with Crippen LogP contribution >= 0.6 is 0 Å². The minimum absolute atomic E-state index is 0.0811. The standard InChI is InChI=1S/C17H24N6O/c1-2-22-13-20-21-16(22)5-9-19-15-6-10-23(11-7-15)17(24)14-4-3-8-18-12-14/h3-4,8,12-13,15,19H,2,5-7,9-11H2,1H3. The van der Waals surface area contributed by atoms with Gasteiger partial charge >= 0.3 is 0 Å². The molecule has 1 N–H and O–H groups in total. The van der Waals surface area contributed by atoms with Gasteiger partial charge in [0.25, 0.3) is 5.91 Å². The molecule has 3 rings (SSSR count). The molecule has 7 heteroatoms. The van der Waals surface area contributed by atoms with Gasteiger partial charge in [-0.25, -0.2) is 0 Å². The zero-order chi connectivity index (χ0) is 16.8. The molecule has 0 unspecified atom stereocenters. The Hall–Kier alpha value is -2.28. The SMILES string of the molecule is CCn1cnnc1CCNC1CCN(C(=O)c2cccnc2)CC1. The van der Waals surface area contributed by atoms with Crippen LogP contribution in [-0.4, -0.2) is 56.2 Å². The second kappa shape index (κ2) is 8.01. The fourth-order valence-electron chi connectivity index (χ4n) is 3.08. The third-order valence-corrected chi connectivity index (χ3v) is 4.51. The van der Waals surface area contributed by atoms with Crippen LogP contribution in [-0.2, 0) is 13.0 Å². The van der Waals surface area contributed by atoms with E-state index in [1.54, 1.807) is 24.8 Å². The maximum atomic E-state index is 12.4. The second-order valence-electron chi connectivity index (χ2n) is 6.05. The number of piperidine rings is 1. The van der Waals surface area contributed by atoms with Crippen LogP contribution in [0, 0.1) is 0 Å². The lowest BCUT2D eigenvalue weighted by molar-refractivity contribution is 0.0705. The van der Waals surface area contributed by atoms with Crippen molar-refractivity contribution in [1.29, 1.82) is 0 Å². The van der Waals surface area contributed by atoms with Crippen molar-refractivity contribution in [2.24, 2.45) is 0 Å². The van der Waals surface area contributed by atoms with Crippen molar-refractivity contribution >= 4 is 5.91 Å². The molecular weight excluding hydrogens is 304 g/mol. The van der Waals surface area contributed by atoms with Crippen LogP contribution in [0.4, 0.5) is 0 Å². The van der Waals surface area contributed by atoms with Crippen LogP contribution in [0.3, 0.4) is 0 Å². The molecule has 0 spiro atoms. The number of carbonyl (C=O) groups is 1. The minimum atomic E-state index is 0.0811. The summed E-state index contributed by atoms with van der Waals surface area (Å²) < 4.78 is 2.07. The van der Waals surface area contributed by atoms with E-state index in [-0.39, 0.29) is 5.91 Å². The Morgan fingerprint density at radius 3 is 2.92 bits per heavy atom. The molecule has 0 aromatic carbocycles. The number of hydrogen-bond donors (Lipinski definition) is 1. The average Bonchev–Trinajstić information content (AvgIpc) is 3.10. The first-order valence-corrected chi connectivity index (χ1v) is 8.57. The molecule has 2 aromatic rings. The van der Waals surface area contributed by atoms with E-state index in [2.05, 4.69) is 32.0 Å². The number of nitrogens with zero attached hydrogens (tertiary/aromatic N) is 5. The molecule has 0 aliphatic carbocycles. The Morgan fingerprint density at radius 1 is 1.38 bits per heavy atom. The van der Waals surface area contributed by atoms with E-state index in [0.717, 1.165) is 51.3 Å². The quantitative estimate of drug-likeness (QED) is 0.860. The Labute approximate surface area is 142 Å². The molecule has 0 saturated carbocycles. The van der Waals surface area contributed by atoms with Crippen molar-refractivity contribution in [2.45, 2.75) is 38.8 Å². The molecule has 24 heavy (non-hydrogen) atoms. The lowest BCUT2D eigenvalue weighted by Crippen LogP contribution is -2.45. The highest BCUT2D eigenvalue weighted by Gasteiger charge is 2.23. The molecule has 1 aliphatic heterocycles. The van der Waals surface area contributed by atoms with E-state index in [9.17, 15) is 4.79 Å². The molecule has 2 aromatic heterocycles. The van der Waals surface area contributed by atoms with E-state index in [0.29, 0.717) is 11.6 Å². The maximum Gasteiger partial charge on any atom is 0.255 e. The van der Waals surface area contributed by atoms with Gasteiger partial charge < -0.3 is 14.8 Å². The van der Waals surface area contributed by atoms with E-state index < -0.39 is 0 Å². The number of aryl methyl sites for hydroxylation is 1. The Morgan fingerprint density at radius 2 is 2.21 bits per heavy atom. The van der Waals surface area contributed by atoms with Crippen LogP contribution in [0.2, 0.25) is 0 Å². The third-order valence-electron chi connectivity index (χ3n) is 4.51. The molecule has 3 heterocycles. The van der Waals surface area contributed by atoms with Gasteiger partial charge in [-0.05, 0) is 31.9 Å². The molecule has 128 valence electrons. The summed E-state index contributed by atoms with van der Waals surface area (Å²) in [5.41, 5.74) is 0.669. The summed E-state index contributed by atoms with van der Waals surface area (Å²) in [6, 6.07) is 4.08. The van der Waals surface area contributed by atoms with Crippen molar-refractivity contribution in [3.63, 3.8) is 0 Å². The highest BCUT2D eigenvalue weighted by Crippen LogP contribution is 2.13. The fraction of sp³-hybridized carbons (Fsp3) is 0.529. The van der Waals surface area contributed by atoms with Gasteiger partial charge in [0.1, 0.15) is 12.2 Å². The molecule has 0 atom stereocenters. The van der Waals surface area contributed by atoms with Gasteiger partial charge in [0.15, 0.2) is 0 Å². The van der Waals surface area contributed by atoms with E-state index in [1.807, 2.05) is 11.0 Å². The summed E-state index contributed by atoms with van der Waals surface area (Å²) in [6.07, 6.45) is 7.93. The van der Waals surface area contributed by atoms with Gasteiger partial charge in [0, 0.05) is 51.0 Å². The summed E-state index contributed by atoms with van der Waals surface area (Å²) in [7, 11) is 0. The monoisotopic (exact) mass is 328 g/mol. The predicted molar refractivity (Wildman–Crippen MR) is 90.6 cm³/mol. The second-order valence-corrected chi connectivity index (χ2v) is 6.05. The Bertz CT molecular complexity index is 648. The maximum absolute atomic E-state index is 12.4. The number of likely N-dealkylation sites (tertiary alicyclic amines) is 1. The van der Waals surface area contributed by atoms with Crippen molar-refractivity contribution in [3.8, 4) is 0 Å². The third kappa shape index (κ3) is 3.97. The lowest BCUT2D eigenvalue weighted by atomic mass is 10.0. The molecule has 1 fully saturated rings. The number of pyridine rings is 1. The van der Waals surface area contributed by atoms with E-state index >= 15 is 0 Å². The molecule has 7 nitrogen and oxygen atoms in total. The van der Waals surface area contributed by atoms with Crippen LogP contribution in [0.1, 0.15) is 35.9 Å². The fourth-order valence-corrected chi connectivity index (χ4v) is 3.08. The molecule has 0 radical (unpaired) electrons. The molecule has 1 amide bonds. The van der Waals surface area contributed by atoms with Crippen molar-refractivity contribution < 1.29 is 4.79 Å². The van der Waals surface area contributed by atoms with Gasteiger partial charge in [-0.1, -0.05) is 0 Å². The number of amides is 1. The van der Waals surface area contributed by atoms with Crippen LogP contribution < -0.4 is 5.32 Å². The lowest BCUT2D eigenvalue weighted by Gasteiger charge is -2.32. The summed E-state index contributed by atoms with van der Waals surface area (Å²) >= 11 is 0. The number of carbonyl (C=O) groups excluding carboxylic acids is 1. The normalized spacial score (nSPS) is 15.6. The first kappa shape index (κ1) is 16.6. The van der Waals surface area contributed by atoms with E-state index in [1.165, 1.54) is 0 Å². The topological polar surface area (TPSA) is 75.9 Å². The van der Waals surface area contributed by atoms with Crippen molar-refractivity contribution in [1.82, 2.24) is 30.0 Å². The Kier molecular flexibility index (Phi) is 5.53. The van der Waals surface area contributed by atoms with Crippen molar-refractivity contribution in [2.75, 3.05) is 19.6 Å². The molecule has 1 aliphatic rings. The molecule has 1 saturated heterocycles. The number of nitrogens with one attached hydrogen (secondary N) is 1. The van der Waals surface area contributed by atoms with Crippen LogP contribution in [0.15, 0.2) is 30.9 Å². The largest absolute Gasteiger partial charge is 0.338 e. The van der Waals surface area contributed by atoms with Gasteiger partial charge in [0.2, 0.25) is 0 Å². The summed E-state index contributed by atoms with van der Waals surface area (Å²) in [5.74, 6) is 1.10. The first-order valence-electron chi connectivity index (χ1n) is 8.57. The van der Waals surface area contributed by atoms with Crippen LogP contribution in [0.25, 0.3) is 0 Å². The molecule has 0 bridgehead atoms. The number of hydrogen-bond acceptors (Lipinski definition) is 5. The Balaban J connectivity index is 1.41. The molecular formula is C17H24N6O. The minimum Gasteiger partial charge on any atom is -0.338 e. The highest BCUT2D eigenvalue weighted by atomic mass is 16.2. The number of rotatable bonds is 6. The highest BCUT2D eigenvalue weighted by molar-refractivity contribution is 5.93. The van der Waals surface area contributed by atoms with Crippen LogP contribution in [0.5, 0.6) is 0 Å². The predicted octanol–water partition coefficient (Wildman–Crippen LogP) is 1.13. The average molecular weight is 328 g/mol.